The first-order chi connectivity index (χ1) is 10.7. The van der Waals surface area contributed by atoms with Gasteiger partial charge in [0.15, 0.2) is 0 Å². The number of methoxy groups -OCH3 is 2. The first-order valence-corrected chi connectivity index (χ1v) is 8.86. The third-order valence-corrected chi connectivity index (χ3v) is 5.78. The Kier molecular flexibility index (Phi) is 5.10. The van der Waals surface area contributed by atoms with Crippen LogP contribution in [0, 0.1) is 5.92 Å². The van der Waals surface area contributed by atoms with Crippen molar-refractivity contribution in [1.29, 1.82) is 0 Å². The molecule has 0 bridgehead atoms. The Balaban J connectivity index is 1.75. The third kappa shape index (κ3) is 3.19. The molecule has 1 aromatic heterocycles. The fraction of sp³-hybridized carbons (Fsp3) is 0.750. The van der Waals surface area contributed by atoms with Gasteiger partial charge in [-0.05, 0) is 25.2 Å². The number of nitrogens with zero attached hydrogens (tertiary/aromatic N) is 2. The first-order valence-electron chi connectivity index (χ1n) is 7.98. The second-order valence-corrected chi connectivity index (χ2v) is 7.17. The Morgan fingerprint density at radius 3 is 3.00 bits per heavy atom. The van der Waals surface area contributed by atoms with Crippen LogP contribution in [0.2, 0.25) is 0 Å². The van der Waals surface area contributed by atoms with Gasteiger partial charge < -0.3 is 9.47 Å². The number of rotatable bonds is 5. The number of likely N-dealkylation sites (tertiary alicyclic amines) is 1. The smallest absolute Gasteiger partial charge is 0.323 e. The van der Waals surface area contributed by atoms with Crippen LogP contribution in [-0.4, -0.2) is 42.2 Å². The number of carbonyl (C=O) groups excluding carboxylic acids is 1. The summed E-state index contributed by atoms with van der Waals surface area (Å²) >= 11 is 1.62. The molecule has 0 amide bonds. The van der Waals surface area contributed by atoms with Crippen molar-refractivity contribution in [2.45, 2.75) is 57.3 Å². The summed E-state index contributed by atoms with van der Waals surface area (Å²) in [6, 6.07) is 0.399. The van der Waals surface area contributed by atoms with E-state index in [4.69, 9.17) is 9.47 Å². The lowest BCUT2D eigenvalue weighted by Crippen LogP contribution is -2.42. The summed E-state index contributed by atoms with van der Waals surface area (Å²) in [5.74, 6) is 0.539. The van der Waals surface area contributed by atoms with Gasteiger partial charge in [0.25, 0.3) is 0 Å². The van der Waals surface area contributed by atoms with Crippen molar-refractivity contribution >= 4 is 17.3 Å². The van der Waals surface area contributed by atoms with Crippen LogP contribution in [0.15, 0.2) is 5.38 Å². The van der Waals surface area contributed by atoms with Crippen LogP contribution in [0.25, 0.3) is 0 Å². The van der Waals surface area contributed by atoms with Crippen LogP contribution in [0.1, 0.15) is 42.8 Å². The Labute approximate surface area is 135 Å². The van der Waals surface area contributed by atoms with Gasteiger partial charge >= 0.3 is 5.97 Å². The third-order valence-electron chi connectivity index (χ3n) is 4.91. The topological polar surface area (TPSA) is 51.7 Å². The zero-order valence-corrected chi connectivity index (χ0v) is 14.1. The lowest BCUT2D eigenvalue weighted by Gasteiger charge is -2.32. The van der Waals surface area contributed by atoms with Gasteiger partial charge in [-0.25, -0.2) is 4.98 Å². The fourth-order valence-corrected chi connectivity index (χ4v) is 4.70. The fourth-order valence-electron chi connectivity index (χ4n) is 3.95. The normalized spacial score (nSPS) is 28.5. The Morgan fingerprint density at radius 2 is 2.23 bits per heavy atom. The van der Waals surface area contributed by atoms with Crippen LogP contribution in [0.4, 0.5) is 0 Å². The van der Waals surface area contributed by atoms with Crippen molar-refractivity contribution in [2.24, 2.45) is 5.92 Å². The van der Waals surface area contributed by atoms with E-state index in [9.17, 15) is 4.79 Å². The molecule has 6 heteroatoms. The minimum absolute atomic E-state index is 0.0956. The SMILES string of the molecule is COCc1nc(CN2[C@H](C(=O)OC)C[C@@H]3CCCC[C@@H]32)cs1. The second-order valence-electron chi connectivity index (χ2n) is 6.22. The van der Waals surface area contributed by atoms with Crippen molar-refractivity contribution < 1.29 is 14.3 Å². The molecule has 0 N–H and O–H groups in total. The number of esters is 1. The molecule has 1 saturated heterocycles. The average Bonchev–Trinajstić information content (AvgIpc) is 3.13. The molecule has 0 spiro atoms. The van der Waals surface area contributed by atoms with Gasteiger partial charge in [-0.3, -0.25) is 9.69 Å². The number of aromatic nitrogens is 1. The molecular formula is C16H24N2O3S. The molecular weight excluding hydrogens is 300 g/mol. The van der Waals surface area contributed by atoms with Crippen molar-refractivity contribution in [1.82, 2.24) is 9.88 Å². The monoisotopic (exact) mass is 324 g/mol. The predicted molar refractivity (Wildman–Crippen MR) is 84.5 cm³/mol. The maximum absolute atomic E-state index is 12.2. The molecule has 1 saturated carbocycles. The lowest BCUT2D eigenvalue weighted by atomic mass is 9.85. The maximum atomic E-state index is 12.2. The second kappa shape index (κ2) is 7.06. The van der Waals surface area contributed by atoms with E-state index in [-0.39, 0.29) is 12.0 Å². The Bertz CT molecular complexity index is 519. The number of fused-ring (bicyclic) bond motifs is 1. The molecule has 0 unspecified atom stereocenters. The summed E-state index contributed by atoms with van der Waals surface area (Å²) in [6.45, 7) is 1.29. The van der Waals surface area contributed by atoms with Crippen LogP contribution in [0.5, 0.6) is 0 Å². The van der Waals surface area contributed by atoms with Gasteiger partial charge in [-0.15, -0.1) is 11.3 Å². The van der Waals surface area contributed by atoms with E-state index in [0.717, 1.165) is 23.7 Å². The molecule has 5 nitrogen and oxygen atoms in total. The standard InChI is InChI=1S/C16H24N2O3S/c1-20-9-15-17-12(10-22-15)8-18-13-6-4-3-5-11(13)7-14(18)16(19)21-2/h10-11,13-14H,3-9H2,1-2H3/t11-,13-,14-/m0/s1. The van der Waals surface area contributed by atoms with Crippen molar-refractivity contribution in [3.05, 3.63) is 16.1 Å². The molecule has 0 radical (unpaired) electrons. The van der Waals surface area contributed by atoms with Gasteiger partial charge in [-0.1, -0.05) is 12.8 Å². The molecule has 1 aliphatic carbocycles. The zero-order valence-electron chi connectivity index (χ0n) is 13.3. The molecule has 3 atom stereocenters. The van der Waals surface area contributed by atoms with E-state index in [1.165, 1.54) is 32.8 Å². The molecule has 22 heavy (non-hydrogen) atoms. The Morgan fingerprint density at radius 1 is 1.41 bits per heavy atom. The van der Waals surface area contributed by atoms with Gasteiger partial charge in [0, 0.05) is 25.1 Å². The number of carbonyl (C=O) groups is 1. The highest BCUT2D eigenvalue weighted by Crippen LogP contribution is 2.40. The van der Waals surface area contributed by atoms with Crippen molar-refractivity contribution in [3.8, 4) is 0 Å². The van der Waals surface area contributed by atoms with Crippen LogP contribution in [0.3, 0.4) is 0 Å². The maximum Gasteiger partial charge on any atom is 0.323 e. The van der Waals surface area contributed by atoms with E-state index in [0.29, 0.717) is 18.6 Å². The van der Waals surface area contributed by atoms with E-state index in [2.05, 4.69) is 15.3 Å². The van der Waals surface area contributed by atoms with E-state index >= 15 is 0 Å². The Hall–Kier alpha value is -0.980. The molecule has 1 aliphatic heterocycles. The average molecular weight is 324 g/mol. The van der Waals surface area contributed by atoms with E-state index < -0.39 is 0 Å². The van der Waals surface area contributed by atoms with Gasteiger partial charge in [0.2, 0.25) is 0 Å². The molecule has 2 heterocycles. The molecule has 0 aromatic carbocycles. The van der Waals surface area contributed by atoms with Gasteiger partial charge in [-0.2, -0.15) is 0 Å². The molecule has 2 aliphatic rings. The summed E-state index contributed by atoms with van der Waals surface area (Å²) in [6.07, 6.45) is 5.91. The first kappa shape index (κ1) is 15.9. The minimum atomic E-state index is -0.106. The summed E-state index contributed by atoms with van der Waals surface area (Å²) < 4.78 is 10.2. The van der Waals surface area contributed by atoms with E-state index in [1.807, 2.05) is 0 Å². The van der Waals surface area contributed by atoms with Gasteiger partial charge in [0.05, 0.1) is 19.4 Å². The van der Waals surface area contributed by atoms with Crippen molar-refractivity contribution in [3.63, 3.8) is 0 Å². The predicted octanol–water partition coefficient (Wildman–Crippen LogP) is 2.60. The number of ether oxygens (including phenoxy) is 2. The zero-order chi connectivity index (χ0) is 15.5. The number of hydrogen-bond donors (Lipinski definition) is 0. The summed E-state index contributed by atoms with van der Waals surface area (Å²) in [4.78, 5) is 19.1. The minimum Gasteiger partial charge on any atom is -0.468 e. The highest BCUT2D eigenvalue weighted by molar-refractivity contribution is 7.09. The molecule has 3 rings (SSSR count). The summed E-state index contributed by atoms with van der Waals surface area (Å²) in [7, 11) is 3.17. The number of hydrogen-bond acceptors (Lipinski definition) is 6. The van der Waals surface area contributed by atoms with Crippen LogP contribution >= 0.6 is 11.3 Å². The van der Waals surface area contributed by atoms with Crippen LogP contribution < -0.4 is 0 Å². The largest absolute Gasteiger partial charge is 0.468 e. The van der Waals surface area contributed by atoms with Crippen LogP contribution in [-0.2, 0) is 27.4 Å². The van der Waals surface area contributed by atoms with Gasteiger partial charge in [0.1, 0.15) is 11.0 Å². The van der Waals surface area contributed by atoms with E-state index in [1.54, 1.807) is 18.4 Å². The summed E-state index contributed by atoms with van der Waals surface area (Å²) in [5.41, 5.74) is 1.04. The highest BCUT2D eigenvalue weighted by atomic mass is 32.1. The molecule has 2 fully saturated rings. The van der Waals surface area contributed by atoms with Crippen molar-refractivity contribution in [2.75, 3.05) is 14.2 Å². The quantitative estimate of drug-likeness (QED) is 0.779. The highest BCUT2D eigenvalue weighted by Gasteiger charge is 2.45. The molecule has 122 valence electrons. The lowest BCUT2D eigenvalue weighted by molar-refractivity contribution is -0.146. The number of thiazole rings is 1. The molecule has 1 aromatic rings. The summed E-state index contributed by atoms with van der Waals surface area (Å²) in [5, 5.41) is 3.07.